The van der Waals surface area contributed by atoms with Crippen molar-refractivity contribution in [3.63, 3.8) is 0 Å². The van der Waals surface area contributed by atoms with Gasteiger partial charge in [-0.25, -0.2) is 28.7 Å². The number of fused-ring (bicyclic) bond motifs is 1. The summed E-state index contributed by atoms with van der Waals surface area (Å²) in [7, 11) is 1.56. The predicted octanol–water partition coefficient (Wildman–Crippen LogP) is 8.43. The van der Waals surface area contributed by atoms with E-state index in [0.29, 0.717) is 33.5 Å². The molecule has 7 aromatic rings. The number of carbonyl (C=O) groups is 3. The predicted molar refractivity (Wildman–Crippen MR) is 222 cm³/mol. The van der Waals surface area contributed by atoms with E-state index in [1.165, 1.54) is 16.7 Å². The Balaban J connectivity index is 1.32. The molecule has 14 heteroatoms. The Kier molecular flexibility index (Phi) is 11.4. The molecule has 60 heavy (non-hydrogen) atoms. The summed E-state index contributed by atoms with van der Waals surface area (Å²) in [6.45, 7) is -0.435. The Morgan fingerprint density at radius 2 is 1.25 bits per heavy atom. The van der Waals surface area contributed by atoms with E-state index in [0.717, 1.165) is 0 Å². The van der Waals surface area contributed by atoms with Crippen LogP contribution in [-0.4, -0.2) is 64.5 Å². The van der Waals surface area contributed by atoms with Crippen molar-refractivity contribution in [2.75, 3.05) is 19.5 Å². The molecular formula is C46H35FN4O8S. The molecule has 12 nitrogen and oxygen atoms in total. The molecule has 0 aliphatic carbocycles. The molecule has 5 aromatic carbocycles. The van der Waals surface area contributed by atoms with Crippen molar-refractivity contribution in [2.24, 2.45) is 0 Å². The number of aromatic nitrogens is 3. The van der Waals surface area contributed by atoms with Gasteiger partial charge in [0.1, 0.15) is 35.7 Å². The van der Waals surface area contributed by atoms with Crippen LogP contribution < -0.4 is 10.5 Å². The number of hydrogen-bond acceptors (Lipinski definition) is 12. The number of carbonyl (C=O) groups excluding carboxylic acids is 3. The lowest BCUT2D eigenvalue weighted by Crippen LogP contribution is -2.41. The molecule has 0 saturated carbocycles. The highest BCUT2D eigenvalue weighted by atomic mass is 32.1. The van der Waals surface area contributed by atoms with E-state index in [1.807, 2.05) is 12.1 Å². The minimum Gasteiger partial charge on any atom is -0.497 e. The lowest BCUT2D eigenvalue weighted by atomic mass is 9.99. The fraction of sp³-hybridized carbons (Fsp3) is 0.130. The summed E-state index contributed by atoms with van der Waals surface area (Å²) in [6.07, 6.45) is -5.43. The number of benzene rings is 5. The number of rotatable bonds is 11. The number of ether oxygens (including phenoxy) is 5. The molecule has 0 unspecified atom stereocenters. The first-order chi connectivity index (χ1) is 29.2. The molecule has 300 valence electrons. The second kappa shape index (κ2) is 17.3. The van der Waals surface area contributed by atoms with Gasteiger partial charge in [-0.3, -0.25) is 4.57 Å². The van der Waals surface area contributed by atoms with Crippen molar-refractivity contribution in [3.8, 4) is 28.1 Å². The van der Waals surface area contributed by atoms with Gasteiger partial charge in [-0.05, 0) is 102 Å². The summed E-state index contributed by atoms with van der Waals surface area (Å²) < 4.78 is 45.7. The molecular weight excluding hydrogens is 788 g/mol. The van der Waals surface area contributed by atoms with Crippen LogP contribution in [0, 0.1) is 10.6 Å². The van der Waals surface area contributed by atoms with Crippen LogP contribution in [0.4, 0.5) is 10.2 Å². The molecule has 0 spiro atoms. The highest BCUT2D eigenvalue weighted by Crippen LogP contribution is 2.41. The number of nitrogens with two attached hydrogens (primary N) is 1. The Morgan fingerprint density at radius 3 is 1.82 bits per heavy atom. The Hall–Kier alpha value is -7.29. The van der Waals surface area contributed by atoms with E-state index < -0.39 is 54.9 Å². The third-order valence-corrected chi connectivity index (χ3v) is 10.2. The first kappa shape index (κ1) is 39.5. The van der Waals surface area contributed by atoms with Crippen molar-refractivity contribution in [2.45, 2.75) is 24.5 Å². The van der Waals surface area contributed by atoms with Gasteiger partial charge in [0.15, 0.2) is 18.4 Å². The summed E-state index contributed by atoms with van der Waals surface area (Å²) in [5.41, 5.74) is 9.75. The largest absolute Gasteiger partial charge is 0.497 e. The van der Waals surface area contributed by atoms with Crippen molar-refractivity contribution in [1.29, 1.82) is 0 Å². The summed E-state index contributed by atoms with van der Waals surface area (Å²) >= 11 is 5.90. The summed E-state index contributed by atoms with van der Waals surface area (Å²) in [4.78, 5) is 50.6. The molecule has 4 atom stereocenters. The SMILES string of the molecule is COc1ccc(-c2cc(-c3ccc(F)cc3)nc3c2c(N)nc(=S)n3[C@@H]2O[C@H](COC(=O)c3ccccc3)[C@@H](OC(=O)c3ccccc3)[C@H]2OC(=O)c2ccccc2)cc1. The van der Waals surface area contributed by atoms with Crippen molar-refractivity contribution in [1.82, 2.24) is 14.5 Å². The first-order valence-electron chi connectivity index (χ1n) is 18.7. The Morgan fingerprint density at radius 1 is 0.717 bits per heavy atom. The molecule has 0 radical (unpaired) electrons. The fourth-order valence-electron chi connectivity index (χ4n) is 6.92. The van der Waals surface area contributed by atoms with E-state index in [-0.39, 0.29) is 32.9 Å². The molecule has 2 aromatic heterocycles. The summed E-state index contributed by atoms with van der Waals surface area (Å²) in [5, 5.41) is 0.355. The molecule has 1 aliphatic rings. The van der Waals surface area contributed by atoms with Crippen LogP contribution in [0.1, 0.15) is 37.3 Å². The number of hydrogen-bond donors (Lipinski definition) is 1. The molecule has 1 fully saturated rings. The third kappa shape index (κ3) is 8.19. The lowest BCUT2D eigenvalue weighted by molar-refractivity contribution is -0.0615. The van der Waals surface area contributed by atoms with E-state index >= 15 is 0 Å². The van der Waals surface area contributed by atoms with Gasteiger partial charge < -0.3 is 29.4 Å². The van der Waals surface area contributed by atoms with Crippen LogP contribution in [0.5, 0.6) is 5.75 Å². The second-order valence-corrected chi connectivity index (χ2v) is 14.0. The number of esters is 3. The number of halogens is 1. The molecule has 0 bridgehead atoms. The molecule has 1 aliphatic heterocycles. The van der Waals surface area contributed by atoms with Gasteiger partial charge in [-0.2, -0.15) is 0 Å². The van der Waals surface area contributed by atoms with Gasteiger partial charge in [-0.15, -0.1) is 0 Å². The van der Waals surface area contributed by atoms with Gasteiger partial charge in [0.05, 0.1) is 34.9 Å². The topological polar surface area (TPSA) is 154 Å². The zero-order chi connectivity index (χ0) is 41.8. The first-order valence-corrected chi connectivity index (χ1v) is 19.1. The maximum absolute atomic E-state index is 14.2. The molecule has 3 heterocycles. The molecule has 1 saturated heterocycles. The maximum atomic E-state index is 14.2. The molecule has 8 rings (SSSR count). The van der Waals surface area contributed by atoms with Crippen LogP contribution in [-0.2, 0) is 18.9 Å². The van der Waals surface area contributed by atoms with E-state index in [2.05, 4.69) is 4.98 Å². The molecule has 2 N–H and O–H groups in total. The number of methoxy groups -OCH3 is 1. The number of nitrogens with zero attached hydrogens (tertiary/aromatic N) is 3. The van der Waals surface area contributed by atoms with Crippen molar-refractivity contribution in [3.05, 3.63) is 173 Å². The lowest BCUT2D eigenvalue weighted by Gasteiger charge is -2.26. The minimum absolute atomic E-state index is 0.0337. The van der Waals surface area contributed by atoms with Gasteiger partial charge in [0.2, 0.25) is 4.77 Å². The Labute approximate surface area is 347 Å². The van der Waals surface area contributed by atoms with Gasteiger partial charge in [0.25, 0.3) is 0 Å². The average molecular weight is 823 g/mol. The van der Waals surface area contributed by atoms with Gasteiger partial charge >= 0.3 is 17.9 Å². The highest BCUT2D eigenvalue weighted by Gasteiger charge is 2.52. The smallest absolute Gasteiger partial charge is 0.338 e. The third-order valence-electron chi connectivity index (χ3n) is 9.88. The number of pyridine rings is 1. The van der Waals surface area contributed by atoms with Crippen molar-refractivity contribution < 1.29 is 42.5 Å². The van der Waals surface area contributed by atoms with E-state index in [4.69, 9.17) is 46.6 Å². The minimum atomic E-state index is -1.44. The number of anilines is 1. The van der Waals surface area contributed by atoms with Gasteiger partial charge in [0, 0.05) is 5.56 Å². The van der Waals surface area contributed by atoms with Crippen LogP contribution in [0.2, 0.25) is 0 Å². The summed E-state index contributed by atoms with van der Waals surface area (Å²) in [5.74, 6) is -1.99. The van der Waals surface area contributed by atoms with E-state index in [1.54, 1.807) is 128 Å². The summed E-state index contributed by atoms with van der Waals surface area (Å²) in [6, 6.07) is 39.6. The number of nitrogen functional groups attached to an aromatic ring is 1. The maximum Gasteiger partial charge on any atom is 0.338 e. The van der Waals surface area contributed by atoms with Crippen molar-refractivity contribution >= 4 is 47.0 Å². The van der Waals surface area contributed by atoms with Crippen LogP contribution in [0.3, 0.4) is 0 Å². The van der Waals surface area contributed by atoms with Crippen LogP contribution >= 0.6 is 12.2 Å². The fourth-order valence-corrected chi connectivity index (χ4v) is 7.21. The normalized spacial score (nSPS) is 17.2. The van der Waals surface area contributed by atoms with Gasteiger partial charge in [-0.1, -0.05) is 66.7 Å². The zero-order valence-corrected chi connectivity index (χ0v) is 32.7. The Bertz CT molecular complexity index is 2740. The van der Waals surface area contributed by atoms with Crippen LogP contribution in [0.25, 0.3) is 33.4 Å². The van der Waals surface area contributed by atoms with Crippen LogP contribution in [0.15, 0.2) is 146 Å². The quantitative estimate of drug-likeness (QED) is 0.0757. The molecule has 0 amide bonds. The second-order valence-electron chi connectivity index (χ2n) is 13.6. The zero-order valence-electron chi connectivity index (χ0n) is 31.8. The highest BCUT2D eigenvalue weighted by molar-refractivity contribution is 7.71. The van der Waals surface area contributed by atoms with E-state index in [9.17, 15) is 18.8 Å². The standard InChI is InChI=1S/C46H35FN4O8S/c1-55-33-23-19-27(20-24-33)34-25-35(28-17-21-32(47)22-18-28)49-41-37(34)40(48)50-46(60)51(41)42-39(59-45(54)31-15-9-4-10-16-31)38(58-44(53)30-13-7-3-8-14-30)36(57-42)26-56-43(52)29-11-5-2-6-12-29/h2-25,36,38-39,42H,26H2,1H3,(H2,48,50,60)/t36-,38-,39-,42-/m1/s1. The monoisotopic (exact) mass is 822 g/mol. The average Bonchev–Trinajstić information content (AvgIpc) is 3.60.